The van der Waals surface area contributed by atoms with E-state index in [0.29, 0.717) is 19.6 Å². The Bertz CT molecular complexity index is 513. The highest BCUT2D eigenvalue weighted by Gasteiger charge is 2.14. The zero-order valence-electron chi connectivity index (χ0n) is 11.2. The Kier molecular flexibility index (Phi) is 5.19. The molecule has 7 heteroatoms. The Balaban J connectivity index is 2.00. The van der Waals surface area contributed by atoms with E-state index in [4.69, 9.17) is 5.73 Å². The Labute approximate surface area is 117 Å². The number of hydrogen-bond acceptors (Lipinski definition) is 5. The Morgan fingerprint density at radius 2 is 2.10 bits per heavy atom. The molecule has 0 aliphatic heterocycles. The second-order valence-electron chi connectivity index (χ2n) is 4.45. The number of nitrogens with two attached hydrogens (primary N) is 1. The predicted molar refractivity (Wildman–Crippen MR) is 73.3 cm³/mol. The predicted octanol–water partition coefficient (Wildman–Crippen LogP) is 0.0507. The van der Waals surface area contributed by atoms with Crippen LogP contribution in [0.3, 0.4) is 0 Å². The van der Waals surface area contributed by atoms with Crippen molar-refractivity contribution in [3.8, 4) is 0 Å². The summed E-state index contributed by atoms with van der Waals surface area (Å²) in [5, 5.41) is 10.8. The van der Waals surface area contributed by atoms with E-state index in [1.807, 2.05) is 30.3 Å². The molecule has 0 fully saturated rings. The lowest BCUT2D eigenvalue weighted by molar-refractivity contribution is -0.132. The van der Waals surface area contributed by atoms with Gasteiger partial charge in [0.05, 0.1) is 0 Å². The third kappa shape index (κ3) is 4.13. The first-order chi connectivity index (χ1) is 9.79. The molecule has 2 aromatic rings. The molecule has 7 nitrogen and oxygen atoms in total. The van der Waals surface area contributed by atoms with E-state index in [9.17, 15) is 4.79 Å². The number of amides is 1. The normalized spacial score (nSPS) is 10.4. The van der Waals surface area contributed by atoms with E-state index in [0.717, 1.165) is 12.0 Å². The molecule has 0 unspecified atom stereocenters. The maximum Gasteiger partial charge on any atom is 0.244 e. The van der Waals surface area contributed by atoms with Crippen molar-refractivity contribution in [1.29, 1.82) is 0 Å². The number of hydrogen-bond donors (Lipinski definition) is 1. The highest BCUT2D eigenvalue weighted by atomic mass is 16.2. The van der Waals surface area contributed by atoms with Gasteiger partial charge in [-0.3, -0.25) is 4.79 Å². The molecular weight excluding hydrogens is 256 g/mol. The number of benzene rings is 1. The van der Waals surface area contributed by atoms with Gasteiger partial charge in [0.15, 0.2) is 0 Å². The summed E-state index contributed by atoms with van der Waals surface area (Å²) in [6.45, 7) is 1.90. The lowest BCUT2D eigenvalue weighted by atomic mass is 10.2. The maximum atomic E-state index is 12.3. The van der Waals surface area contributed by atoms with Gasteiger partial charge in [-0.2, -0.15) is 0 Å². The third-order valence-corrected chi connectivity index (χ3v) is 2.89. The van der Waals surface area contributed by atoms with Crippen LogP contribution in [0.1, 0.15) is 12.0 Å². The number of aromatic nitrogens is 4. The molecular formula is C13H18N6O. The smallest absolute Gasteiger partial charge is 0.244 e. The van der Waals surface area contributed by atoms with Crippen LogP contribution in [0.2, 0.25) is 0 Å². The van der Waals surface area contributed by atoms with Gasteiger partial charge in [0.2, 0.25) is 5.91 Å². The number of carbonyl (C=O) groups excluding carboxylic acids is 1. The molecule has 0 aliphatic carbocycles. The molecule has 1 amide bonds. The number of nitrogens with zero attached hydrogens (tertiary/aromatic N) is 5. The third-order valence-electron chi connectivity index (χ3n) is 2.89. The van der Waals surface area contributed by atoms with Crippen LogP contribution >= 0.6 is 0 Å². The summed E-state index contributed by atoms with van der Waals surface area (Å²) < 4.78 is 1.42. The second kappa shape index (κ2) is 7.34. The highest BCUT2D eigenvalue weighted by molar-refractivity contribution is 5.75. The minimum Gasteiger partial charge on any atom is -0.337 e. The van der Waals surface area contributed by atoms with Gasteiger partial charge in [-0.05, 0) is 29.0 Å². The largest absolute Gasteiger partial charge is 0.337 e. The lowest BCUT2D eigenvalue weighted by Crippen LogP contribution is -2.35. The molecule has 2 N–H and O–H groups in total. The Hall–Kier alpha value is -2.28. The molecule has 1 aromatic carbocycles. The Morgan fingerprint density at radius 1 is 1.30 bits per heavy atom. The standard InChI is InChI=1S/C13H18N6O/c14-7-4-8-18(9-12-5-2-1-3-6-12)13(20)10-19-11-15-16-17-19/h1-3,5-6,11H,4,7-10,14H2. The zero-order chi connectivity index (χ0) is 14.2. The maximum absolute atomic E-state index is 12.3. The zero-order valence-corrected chi connectivity index (χ0v) is 11.2. The molecule has 0 atom stereocenters. The lowest BCUT2D eigenvalue weighted by Gasteiger charge is -2.22. The number of tetrazole rings is 1. The summed E-state index contributed by atoms with van der Waals surface area (Å²) in [4.78, 5) is 14.1. The molecule has 2 rings (SSSR count). The van der Waals surface area contributed by atoms with Crippen molar-refractivity contribution in [1.82, 2.24) is 25.1 Å². The molecule has 1 aromatic heterocycles. The Morgan fingerprint density at radius 3 is 2.75 bits per heavy atom. The van der Waals surface area contributed by atoms with E-state index >= 15 is 0 Å². The van der Waals surface area contributed by atoms with Crippen LogP contribution in [0.25, 0.3) is 0 Å². The van der Waals surface area contributed by atoms with E-state index in [1.54, 1.807) is 4.90 Å². The van der Waals surface area contributed by atoms with E-state index in [1.165, 1.54) is 11.0 Å². The molecule has 0 saturated carbocycles. The summed E-state index contributed by atoms with van der Waals surface area (Å²) in [6, 6.07) is 9.88. The monoisotopic (exact) mass is 274 g/mol. The van der Waals surface area contributed by atoms with Crippen molar-refractivity contribution in [2.45, 2.75) is 19.5 Å². The molecule has 106 valence electrons. The van der Waals surface area contributed by atoms with E-state index in [2.05, 4.69) is 15.5 Å². The molecule has 1 heterocycles. The number of carbonyl (C=O) groups is 1. The molecule has 0 spiro atoms. The molecule has 0 bridgehead atoms. The first-order valence-corrected chi connectivity index (χ1v) is 6.52. The van der Waals surface area contributed by atoms with Crippen LogP contribution in [0.15, 0.2) is 36.7 Å². The molecule has 20 heavy (non-hydrogen) atoms. The summed E-state index contributed by atoms with van der Waals surface area (Å²) in [7, 11) is 0. The fourth-order valence-corrected chi connectivity index (χ4v) is 1.87. The molecule has 0 radical (unpaired) electrons. The van der Waals surface area contributed by atoms with Gasteiger partial charge >= 0.3 is 0 Å². The fourth-order valence-electron chi connectivity index (χ4n) is 1.87. The van der Waals surface area contributed by atoms with Crippen LogP contribution in [-0.4, -0.2) is 44.1 Å². The SMILES string of the molecule is NCCCN(Cc1ccccc1)C(=O)Cn1cnnn1. The topological polar surface area (TPSA) is 89.9 Å². The van der Waals surface area contributed by atoms with Crippen molar-refractivity contribution >= 4 is 5.91 Å². The average Bonchev–Trinajstić information content (AvgIpc) is 2.97. The summed E-state index contributed by atoms with van der Waals surface area (Å²) in [6.07, 6.45) is 2.20. The van der Waals surface area contributed by atoms with Gasteiger partial charge in [0.1, 0.15) is 12.9 Å². The minimum atomic E-state index is -0.0189. The first kappa shape index (κ1) is 14.1. The fraction of sp³-hybridized carbons (Fsp3) is 0.385. The van der Waals surface area contributed by atoms with Crippen LogP contribution in [0, 0.1) is 0 Å². The van der Waals surface area contributed by atoms with Crippen LogP contribution < -0.4 is 5.73 Å². The molecule has 0 saturated heterocycles. The minimum absolute atomic E-state index is 0.0189. The van der Waals surface area contributed by atoms with Crippen molar-refractivity contribution in [2.24, 2.45) is 5.73 Å². The molecule has 0 aliphatic rings. The van der Waals surface area contributed by atoms with Crippen molar-refractivity contribution < 1.29 is 4.79 Å². The van der Waals surface area contributed by atoms with Gasteiger partial charge in [0.25, 0.3) is 0 Å². The summed E-state index contributed by atoms with van der Waals surface area (Å²) in [5.74, 6) is -0.0189. The van der Waals surface area contributed by atoms with Crippen molar-refractivity contribution in [3.05, 3.63) is 42.2 Å². The van der Waals surface area contributed by atoms with Crippen LogP contribution in [0.5, 0.6) is 0 Å². The average molecular weight is 274 g/mol. The van der Waals surface area contributed by atoms with Crippen LogP contribution in [0.4, 0.5) is 0 Å². The summed E-state index contributed by atoms with van der Waals surface area (Å²) >= 11 is 0. The van der Waals surface area contributed by atoms with Gasteiger partial charge in [-0.15, -0.1) is 5.10 Å². The van der Waals surface area contributed by atoms with Crippen LogP contribution in [-0.2, 0) is 17.9 Å². The second-order valence-corrected chi connectivity index (χ2v) is 4.45. The number of rotatable bonds is 7. The van der Waals surface area contributed by atoms with Crippen molar-refractivity contribution in [2.75, 3.05) is 13.1 Å². The van der Waals surface area contributed by atoms with Gasteiger partial charge < -0.3 is 10.6 Å². The first-order valence-electron chi connectivity index (χ1n) is 6.52. The quantitative estimate of drug-likeness (QED) is 0.770. The van der Waals surface area contributed by atoms with Crippen molar-refractivity contribution in [3.63, 3.8) is 0 Å². The summed E-state index contributed by atoms with van der Waals surface area (Å²) in [5.41, 5.74) is 6.62. The van der Waals surface area contributed by atoms with Gasteiger partial charge in [-0.1, -0.05) is 30.3 Å². The van der Waals surface area contributed by atoms with Gasteiger partial charge in [0, 0.05) is 13.1 Å². The van der Waals surface area contributed by atoms with E-state index < -0.39 is 0 Å². The van der Waals surface area contributed by atoms with Gasteiger partial charge in [-0.25, -0.2) is 4.68 Å². The highest BCUT2D eigenvalue weighted by Crippen LogP contribution is 2.06. The van der Waals surface area contributed by atoms with E-state index in [-0.39, 0.29) is 12.5 Å².